The van der Waals surface area contributed by atoms with Crippen LogP contribution in [0, 0.1) is 0 Å². The van der Waals surface area contributed by atoms with E-state index in [-0.39, 0.29) is 30.7 Å². The van der Waals surface area contributed by atoms with Gasteiger partial charge in [0.2, 0.25) is 5.91 Å². The lowest BCUT2D eigenvalue weighted by Gasteiger charge is -2.17. The average Bonchev–Trinajstić information content (AvgIpc) is 2.94. The van der Waals surface area contributed by atoms with Crippen molar-refractivity contribution in [2.24, 2.45) is 5.73 Å². The molecule has 1 aromatic carbocycles. The van der Waals surface area contributed by atoms with Crippen LogP contribution in [0.15, 0.2) is 36.4 Å². The minimum atomic E-state index is -0.942. The van der Waals surface area contributed by atoms with Gasteiger partial charge >= 0.3 is 0 Å². The molecule has 1 aliphatic rings. The second-order valence-corrected chi connectivity index (χ2v) is 6.00. The molecule has 1 aromatic heterocycles. The summed E-state index contributed by atoms with van der Waals surface area (Å²) in [6, 6.07) is 11.6. The van der Waals surface area contributed by atoms with Crippen LogP contribution in [0.1, 0.15) is 19.4 Å². The highest BCUT2D eigenvalue weighted by Gasteiger charge is 2.22. The molecule has 24 heavy (non-hydrogen) atoms. The quantitative estimate of drug-likeness (QED) is 0.870. The van der Waals surface area contributed by atoms with Crippen LogP contribution in [0.5, 0.6) is 5.75 Å². The Hall–Kier alpha value is -1.82. The molecule has 3 N–H and O–H groups in total. The Morgan fingerprint density at radius 1 is 1.25 bits per heavy atom. The van der Waals surface area contributed by atoms with E-state index in [1.807, 2.05) is 24.3 Å². The number of carbonyl (C=O) groups excluding carboxylic acids is 1. The van der Waals surface area contributed by atoms with Gasteiger partial charge in [0.15, 0.2) is 0 Å². The molecule has 0 saturated carbocycles. The number of fused-ring (bicyclic) bond motifs is 1. The molecule has 0 fully saturated rings. The Labute approximate surface area is 153 Å². The van der Waals surface area contributed by atoms with Gasteiger partial charge in [0.25, 0.3) is 0 Å². The number of rotatable bonds is 3. The van der Waals surface area contributed by atoms with Crippen molar-refractivity contribution in [3.05, 3.63) is 42.0 Å². The number of halogens is 2. The largest absolute Gasteiger partial charge is 0.493 e. The molecule has 0 atom stereocenters. The maximum Gasteiger partial charge on any atom is 0.245 e. The van der Waals surface area contributed by atoms with Crippen LogP contribution in [0.2, 0.25) is 0 Å². The van der Waals surface area contributed by atoms with Crippen molar-refractivity contribution in [1.29, 1.82) is 0 Å². The third kappa shape index (κ3) is 4.38. The molecule has 0 unspecified atom stereocenters. The minimum absolute atomic E-state index is 0. The Balaban J connectivity index is 0.00000144. The molecule has 0 spiro atoms. The van der Waals surface area contributed by atoms with Gasteiger partial charge in [-0.1, -0.05) is 6.07 Å². The summed E-state index contributed by atoms with van der Waals surface area (Å²) in [5, 5.41) is 2.74. The zero-order chi connectivity index (χ0) is 15.7. The Morgan fingerprint density at radius 3 is 2.71 bits per heavy atom. The van der Waals surface area contributed by atoms with E-state index >= 15 is 0 Å². The number of benzene rings is 1. The highest BCUT2D eigenvalue weighted by molar-refractivity contribution is 5.96. The molecule has 5 nitrogen and oxygen atoms in total. The van der Waals surface area contributed by atoms with Crippen molar-refractivity contribution in [2.45, 2.75) is 25.8 Å². The Bertz CT molecular complexity index is 730. The van der Waals surface area contributed by atoms with Gasteiger partial charge in [-0.2, -0.15) is 0 Å². The number of hydrogen-bond acceptors (Lipinski definition) is 4. The van der Waals surface area contributed by atoms with E-state index < -0.39 is 5.54 Å². The van der Waals surface area contributed by atoms with Crippen LogP contribution in [0.4, 0.5) is 5.82 Å². The molecule has 0 aliphatic carbocycles. The van der Waals surface area contributed by atoms with E-state index in [0.29, 0.717) is 5.82 Å². The molecule has 0 saturated heterocycles. The second-order valence-electron chi connectivity index (χ2n) is 6.00. The van der Waals surface area contributed by atoms with E-state index in [1.165, 1.54) is 5.56 Å². The van der Waals surface area contributed by atoms with Gasteiger partial charge in [0, 0.05) is 12.0 Å². The van der Waals surface area contributed by atoms with Crippen molar-refractivity contribution in [1.82, 2.24) is 4.98 Å². The first-order valence-corrected chi connectivity index (χ1v) is 7.27. The maximum absolute atomic E-state index is 11.9. The molecular weight excluding hydrogens is 349 g/mol. The third-order valence-corrected chi connectivity index (χ3v) is 3.56. The summed E-state index contributed by atoms with van der Waals surface area (Å²) in [6.45, 7) is 4.05. The van der Waals surface area contributed by atoms with E-state index in [2.05, 4.69) is 16.4 Å². The number of pyridine rings is 1. The van der Waals surface area contributed by atoms with Crippen LogP contribution in [-0.4, -0.2) is 23.0 Å². The average molecular weight is 370 g/mol. The smallest absolute Gasteiger partial charge is 0.245 e. The predicted molar refractivity (Wildman–Crippen MR) is 100 cm³/mol. The van der Waals surface area contributed by atoms with Gasteiger partial charge < -0.3 is 15.8 Å². The van der Waals surface area contributed by atoms with Gasteiger partial charge in [-0.15, -0.1) is 24.8 Å². The summed E-state index contributed by atoms with van der Waals surface area (Å²) in [7, 11) is 0. The van der Waals surface area contributed by atoms with E-state index in [9.17, 15) is 4.79 Å². The summed E-state index contributed by atoms with van der Waals surface area (Å²) in [6.07, 6.45) is 0.918. The van der Waals surface area contributed by atoms with Gasteiger partial charge in [0.1, 0.15) is 11.6 Å². The van der Waals surface area contributed by atoms with Crippen molar-refractivity contribution in [3.63, 3.8) is 0 Å². The number of ether oxygens (including phenoxy) is 1. The maximum atomic E-state index is 11.9. The zero-order valence-corrected chi connectivity index (χ0v) is 15.2. The number of anilines is 1. The van der Waals surface area contributed by atoms with Crippen molar-refractivity contribution in [3.8, 4) is 17.0 Å². The highest BCUT2D eigenvalue weighted by Crippen LogP contribution is 2.30. The van der Waals surface area contributed by atoms with E-state index in [4.69, 9.17) is 10.5 Å². The molecule has 1 amide bonds. The summed E-state index contributed by atoms with van der Waals surface area (Å²) in [5.41, 5.74) is 7.85. The Kier molecular flexibility index (Phi) is 6.60. The lowest BCUT2D eigenvalue weighted by Crippen LogP contribution is -2.45. The lowest BCUT2D eigenvalue weighted by atomic mass is 10.1. The number of amides is 1. The zero-order valence-electron chi connectivity index (χ0n) is 13.5. The standard InChI is InChI=1S/C17H19N3O2.2ClH/c1-17(2,18)16(21)20-15-5-3-4-13(19-15)11-6-7-14-12(10-11)8-9-22-14;;/h3-7,10H,8-9,18H2,1-2H3,(H,19,20,21);2*1H. The molecule has 2 aromatic rings. The molecule has 7 heteroatoms. The normalized spacial score (nSPS) is 12.3. The Morgan fingerprint density at radius 2 is 2.00 bits per heavy atom. The first-order valence-electron chi connectivity index (χ1n) is 7.27. The topological polar surface area (TPSA) is 77.2 Å². The number of nitrogens with two attached hydrogens (primary N) is 1. The SMILES string of the molecule is CC(C)(N)C(=O)Nc1cccc(-c2ccc3c(c2)CCO3)n1.Cl.Cl. The molecule has 3 rings (SSSR count). The molecule has 2 heterocycles. The van der Waals surface area contributed by atoms with E-state index in [0.717, 1.165) is 30.0 Å². The molecule has 1 aliphatic heterocycles. The molecule has 0 radical (unpaired) electrons. The number of aromatic nitrogens is 1. The number of nitrogens with one attached hydrogen (secondary N) is 1. The van der Waals surface area contributed by atoms with E-state index in [1.54, 1.807) is 19.9 Å². The molecule has 130 valence electrons. The fourth-order valence-electron chi connectivity index (χ4n) is 2.29. The fraction of sp³-hybridized carbons (Fsp3) is 0.294. The van der Waals surface area contributed by atoms with Crippen LogP contribution < -0.4 is 15.8 Å². The van der Waals surface area contributed by atoms with Crippen LogP contribution in [-0.2, 0) is 11.2 Å². The summed E-state index contributed by atoms with van der Waals surface area (Å²) < 4.78 is 5.51. The van der Waals surface area contributed by atoms with Gasteiger partial charge in [-0.05, 0) is 49.7 Å². The van der Waals surface area contributed by atoms with Gasteiger partial charge in [-0.25, -0.2) is 4.98 Å². The summed E-state index contributed by atoms with van der Waals surface area (Å²) in [4.78, 5) is 16.4. The van der Waals surface area contributed by atoms with Crippen molar-refractivity contribution >= 4 is 36.5 Å². The van der Waals surface area contributed by atoms with Gasteiger partial charge in [0.05, 0.1) is 17.8 Å². The van der Waals surface area contributed by atoms with Crippen LogP contribution in [0.3, 0.4) is 0 Å². The van der Waals surface area contributed by atoms with Crippen molar-refractivity contribution in [2.75, 3.05) is 11.9 Å². The second kappa shape index (κ2) is 7.83. The van der Waals surface area contributed by atoms with Crippen molar-refractivity contribution < 1.29 is 9.53 Å². The van der Waals surface area contributed by atoms with Crippen LogP contribution >= 0.6 is 24.8 Å². The van der Waals surface area contributed by atoms with Crippen LogP contribution in [0.25, 0.3) is 11.3 Å². The number of nitrogens with zero attached hydrogens (tertiary/aromatic N) is 1. The number of hydrogen-bond donors (Lipinski definition) is 2. The first kappa shape index (κ1) is 20.2. The van der Waals surface area contributed by atoms with Gasteiger partial charge in [-0.3, -0.25) is 4.79 Å². The summed E-state index contributed by atoms with van der Waals surface area (Å²) >= 11 is 0. The minimum Gasteiger partial charge on any atom is -0.493 e. The molecular formula is C17H21Cl2N3O2. The fourth-order valence-corrected chi connectivity index (χ4v) is 2.29. The summed E-state index contributed by atoms with van der Waals surface area (Å²) in [5.74, 6) is 1.18. The highest BCUT2D eigenvalue weighted by atomic mass is 35.5. The monoisotopic (exact) mass is 369 g/mol. The lowest BCUT2D eigenvalue weighted by molar-refractivity contribution is -0.120. The third-order valence-electron chi connectivity index (χ3n) is 3.56. The predicted octanol–water partition coefficient (Wildman–Crippen LogP) is 3.20. The molecule has 0 bridgehead atoms. The number of carbonyl (C=O) groups is 1. The first-order chi connectivity index (χ1) is 10.4.